The molecule has 2 N–H and O–H groups in total. The molecule has 2 heterocycles. The van der Waals surface area contributed by atoms with Gasteiger partial charge in [-0.15, -0.1) is 0 Å². The van der Waals surface area contributed by atoms with Gasteiger partial charge in [-0.3, -0.25) is 14.9 Å². The van der Waals surface area contributed by atoms with Crippen molar-refractivity contribution < 1.29 is 9.59 Å². The molecule has 0 aromatic heterocycles. The van der Waals surface area contributed by atoms with Crippen LogP contribution in [0.2, 0.25) is 0 Å². The van der Waals surface area contributed by atoms with Crippen LogP contribution in [0.3, 0.4) is 0 Å². The van der Waals surface area contributed by atoms with E-state index < -0.39 is 6.04 Å². The summed E-state index contributed by atoms with van der Waals surface area (Å²) >= 11 is 0. The van der Waals surface area contributed by atoms with E-state index in [2.05, 4.69) is 15.6 Å². The molecule has 2 aliphatic heterocycles. The maximum absolute atomic E-state index is 13.0. The molecule has 2 aliphatic rings. The van der Waals surface area contributed by atoms with Gasteiger partial charge in [0.1, 0.15) is 6.04 Å². The first-order chi connectivity index (χ1) is 13.7. The van der Waals surface area contributed by atoms with Crippen molar-refractivity contribution >= 4 is 23.5 Å². The number of amides is 2. The Bertz CT molecular complexity index is 752. The average Bonchev–Trinajstić information content (AvgIpc) is 3.19. The highest BCUT2D eigenvalue weighted by atomic mass is 16.2. The zero-order valence-corrected chi connectivity index (χ0v) is 15.9. The van der Waals surface area contributed by atoms with Gasteiger partial charge in [0, 0.05) is 25.3 Å². The largest absolute Gasteiger partial charge is 0.341 e. The Morgan fingerprint density at radius 2 is 1.86 bits per heavy atom. The number of rotatable bonds is 4. The van der Waals surface area contributed by atoms with E-state index in [0.29, 0.717) is 13.0 Å². The molecule has 0 spiro atoms. The fourth-order valence-electron chi connectivity index (χ4n) is 3.55. The third kappa shape index (κ3) is 5.22. The molecular formula is C20H26N6O2. The first kappa shape index (κ1) is 19.7. The number of hydrogen-bond acceptors (Lipinski definition) is 4. The Balaban J connectivity index is 1.70. The minimum atomic E-state index is -0.610. The number of hydrogen-bond donors (Lipinski definition) is 2. The predicted molar refractivity (Wildman–Crippen MR) is 106 cm³/mol. The number of nitrogens with one attached hydrogen (secondary N) is 2. The number of nitriles is 1. The van der Waals surface area contributed by atoms with Crippen LogP contribution in [0, 0.1) is 11.5 Å². The zero-order chi connectivity index (χ0) is 19.8. The molecule has 0 bridgehead atoms. The van der Waals surface area contributed by atoms with Crippen LogP contribution in [0.5, 0.6) is 0 Å². The van der Waals surface area contributed by atoms with E-state index in [1.807, 2.05) is 41.4 Å². The molecule has 148 valence electrons. The molecule has 1 unspecified atom stereocenters. The molecule has 1 atom stereocenters. The number of para-hydroxylation sites is 1. The molecule has 8 heteroatoms. The molecule has 1 aromatic rings. The van der Waals surface area contributed by atoms with Crippen molar-refractivity contribution in [1.82, 2.24) is 15.1 Å². The zero-order valence-electron chi connectivity index (χ0n) is 15.9. The minimum absolute atomic E-state index is 0.00765. The van der Waals surface area contributed by atoms with E-state index in [9.17, 15) is 9.59 Å². The highest BCUT2D eigenvalue weighted by Gasteiger charge is 2.30. The van der Waals surface area contributed by atoms with E-state index in [-0.39, 0.29) is 24.3 Å². The van der Waals surface area contributed by atoms with Gasteiger partial charge in [-0.25, -0.2) is 4.99 Å². The summed E-state index contributed by atoms with van der Waals surface area (Å²) in [5, 5.41) is 14.6. The highest BCUT2D eigenvalue weighted by Crippen LogP contribution is 2.17. The second-order valence-corrected chi connectivity index (χ2v) is 7.06. The fourth-order valence-corrected chi connectivity index (χ4v) is 3.55. The summed E-state index contributed by atoms with van der Waals surface area (Å²) < 4.78 is 0. The standard InChI is InChI=1S/C20H26N6O2/c21-15-22-20(23-16-8-2-1-3-9-16)24-17-10-4-5-13-26(19(17)28)14-18(27)25-11-6-7-12-25/h1-3,8-9,17H,4-7,10-14H2,(H2,22,23,24). The smallest absolute Gasteiger partial charge is 0.247 e. The number of anilines is 1. The van der Waals surface area contributed by atoms with Crippen molar-refractivity contribution in [1.29, 1.82) is 5.26 Å². The molecule has 2 amide bonds. The molecule has 8 nitrogen and oxygen atoms in total. The first-order valence-corrected chi connectivity index (χ1v) is 9.79. The first-order valence-electron chi connectivity index (χ1n) is 9.79. The summed E-state index contributed by atoms with van der Waals surface area (Å²) in [6.07, 6.45) is 6.21. The lowest BCUT2D eigenvalue weighted by atomic mass is 10.1. The molecule has 28 heavy (non-hydrogen) atoms. The van der Waals surface area contributed by atoms with Gasteiger partial charge in [0.2, 0.25) is 17.8 Å². The summed E-state index contributed by atoms with van der Waals surface area (Å²) in [4.78, 5) is 33.4. The van der Waals surface area contributed by atoms with Crippen LogP contribution in [-0.2, 0) is 9.59 Å². The van der Waals surface area contributed by atoms with Crippen LogP contribution >= 0.6 is 0 Å². The van der Waals surface area contributed by atoms with Crippen molar-refractivity contribution in [2.24, 2.45) is 4.99 Å². The third-order valence-electron chi connectivity index (χ3n) is 5.03. The Hall–Kier alpha value is -3.08. The van der Waals surface area contributed by atoms with Gasteiger partial charge < -0.3 is 15.1 Å². The number of benzene rings is 1. The van der Waals surface area contributed by atoms with Crippen molar-refractivity contribution in [2.45, 2.75) is 38.1 Å². The number of aliphatic imine (C=N–C) groups is 1. The van der Waals surface area contributed by atoms with Gasteiger partial charge >= 0.3 is 0 Å². The number of guanidine groups is 1. The molecule has 0 saturated carbocycles. The van der Waals surface area contributed by atoms with Gasteiger partial charge in [0.25, 0.3) is 0 Å². The number of nitrogens with zero attached hydrogens (tertiary/aromatic N) is 4. The van der Waals surface area contributed by atoms with Crippen molar-refractivity contribution in [3.63, 3.8) is 0 Å². The normalized spacial score (nSPS) is 20.5. The van der Waals surface area contributed by atoms with Crippen LogP contribution in [0.15, 0.2) is 35.3 Å². The lowest BCUT2D eigenvalue weighted by Crippen LogP contribution is -2.45. The van der Waals surface area contributed by atoms with Gasteiger partial charge in [0.15, 0.2) is 6.19 Å². The maximum Gasteiger partial charge on any atom is 0.247 e. The van der Waals surface area contributed by atoms with E-state index in [0.717, 1.165) is 44.5 Å². The third-order valence-corrected chi connectivity index (χ3v) is 5.03. The maximum atomic E-state index is 13.0. The lowest BCUT2D eigenvalue weighted by molar-refractivity contribution is -0.140. The summed E-state index contributed by atoms with van der Waals surface area (Å²) in [5.41, 5.74) is 0.770. The van der Waals surface area contributed by atoms with Crippen molar-refractivity contribution in [2.75, 3.05) is 31.5 Å². The van der Waals surface area contributed by atoms with Crippen LogP contribution in [-0.4, -0.2) is 59.8 Å². The number of carbonyl (C=O) groups is 2. The van der Waals surface area contributed by atoms with E-state index in [4.69, 9.17) is 5.26 Å². The summed E-state index contributed by atoms with van der Waals surface area (Å²) in [7, 11) is 0. The molecule has 2 saturated heterocycles. The van der Waals surface area contributed by atoms with Crippen LogP contribution in [0.4, 0.5) is 5.69 Å². The molecule has 0 aliphatic carbocycles. The number of carbonyl (C=O) groups excluding carboxylic acids is 2. The van der Waals surface area contributed by atoms with Crippen LogP contribution < -0.4 is 10.6 Å². The Morgan fingerprint density at radius 3 is 2.57 bits per heavy atom. The topological polar surface area (TPSA) is 101 Å². The van der Waals surface area contributed by atoms with Gasteiger partial charge in [0.05, 0.1) is 6.54 Å². The van der Waals surface area contributed by atoms with Gasteiger partial charge in [-0.1, -0.05) is 18.2 Å². The molecule has 1 aromatic carbocycles. The molecular weight excluding hydrogens is 356 g/mol. The quantitative estimate of drug-likeness (QED) is 0.356. The molecule has 3 rings (SSSR count). The Labute approximate surface area is 165 Å². The molecule has 0 radical (unpaired) electrons. The monoisotopic (exact) mass is 382 g/mol. The van der Waals surface area contributed by atoms with Gasteiger partial charge in [-0.2, -0.15) is 5.26 Å². The number of likely N-dealkylation sites (tertiary alicyclic amines) is 2. The second-order valence-electron chi connectivity index (χ2n) is 7.06. The van der Waals surface area contributed by atoms with E-state index in [1.54, 1.807) is 4.90 Å². The second kappa shape index (κ2) is 9.74. The summed E-state index contributed by atoms with van der Waals surface area (Å²) in [6, 6.07) is 8.73. The van der Waals surface area contributed by atoms with Crippen molar-refractivity contribution in [3.8, 4) is 6.19 Å². The average molecular weight is 382 g/mol. The summed E-state index contributed by atoms with van der Waals surface area (Å²) in [6.45, 7) is 2.23. The SMILES string of the molecule is N#CNC(=NC1CCCCN(CC(=O)N2CCCC2)C1=O)Nc1ccccc1. The fraction of sp³-hybridized carbons (Fsp3) is 0.500. The van der Waals surface area contributed by atoms with E-state index >= 15 is 0 Å². The molecule has 2 fully saturated rings. The Kier molecular flexibility index (Phi) is 6.84. The minimum Gasteiger partial charge on any atom is -0.341 e. The van der Waals surface area contributed by atoms with Crippen LogP contribution in [0.1, 0.15) is 32.1 Å². The lowest BCUT2D eigenvalue weighted by Gasteiger charge is -2.25. The highest BCUT2D eigenvalue weighted by molar-refractivity contribution is 5.97. The predicted octanol–water partition coefficient (Wildman–Crippen LogP) is 1.53. The van der Waals surface area contributed by atoms with E-state index in [1.165, 1.54) is 0 Å². The summed E-state index contributed by atoms with van der Waals surface area (Å²) in [5.74, 6) is 0.0881. The van der Waals surface area contributed by atoms with Crippen LogP contribution in [0.25, 0.3) is 0 Å². The Morgan fingerprint density at radius 1 is 1.14 bits per heavy atom. The van der Waals surface area contributed by atoms with Gasteiger partial charge in [-0.05, 0) is 44.2 Å². The van der Waals surface area contributed by atoms with Crippen molar-refractivity contribution in [3.05, 3.63) is 30.3 Å².